The molecular formula is C13H21N3. The van der Waals surface area contributed by atoms with Crippen LogP contribution >= 0.6 is 0 Å². The van der Waals surface area contributed by atoms with Crippen LogP contribution < -0.4 is 5.32 Å². The summed E-state index contributed by atoms with van der Waals surface area (Å²) in [6.07, 6.45) is 7.97. The van der Waals surface area contributed by atoms with Crippen molar-refractivity contribution in [3.63, 3.8) is 0 Å². The maximum Gasteiger partial charge on any atom is 0.0597 e. The maximum atomic E-state index is 4.68. The molecule has 0 bridgehead atoms. The van der Waals surface area contributed by atoms with Gasteiger partial charge in [0.1, 0.15) is 0 Å². The lowest BCUT2D eigenvalue weighted by molar-refractivity contribution is 0.267. The van der Waals surface area contributed by atoms with Gasteiger partial charge in [-0.3, -0.25) is 4.68 Å². The first-order valence-electron chi connectivity index (χ1n) is 6.64. The molecule has 0 amide bonds. The van der Waals surface area contributed by atoms with E-state index in [0.29, 0.717) is 12.1 Å². The molecule has 1 atom stereocenters. The summed E-state index contributed by atoms with van der Waals surface area (Å²) < 4.78 is 2.31. The first kappa shape index (κ1) is 10.3. The number of aryl methyl sites for hydroxylation is 1. The molecule has 0 radical (unpaired) electrons. The Morgan fingerprint density at radius 3 is 2.75 bits per heavy atom. The molecule has 0 aromatic carbocycles. The quantitative estimate of drug-likeness (QED) is 0.829. The number of nitrogens with zero attached hydrogens (tertiary/aromatic N) is 2. The van der Waals surface area contributed by atoms with E-state index in [1.807, 2.05) is 0 Å². The smallest absolute Gasteiger partial charge is 0.0597 e. The minimum atomic E-state index is 0.551. The second kappa shape index (κ2) is 4.21. The highest BCUT2D eigenvalue weighted by Crippen LogP contribution is 2.35. The van der Waals surface area contributed by atoms with E-state index in [2.05, 4.69) is 28.1 Å². The molecule has 3 heteroatoms. The monoisotopic (exact) mass is 219 g/mol. The standard InChI is InChI=1S/C13H21N3/c1-10-9-13(12-7-2-3-8-14-12)16(15-10)11-5-4-6-11/h9,11-12,14H,2-8H2,1H3. The molecule has 3 rings (SSSR count). The summed E-state index contributed by atoms with van der Waals surface area (Å²) in [6, 6.07) is 3.52. The first-order chi connectivity index (χ1) is 7.84. The van der Waals surface area contributed by atoms with Gasteiger partial charge in [0, 0.05) is 6.04 Å². The maximum absolute atomic E-state index is 4.68. The first-order valence-corrected chi connectivity index (χ1v) is 6.64. The molecule has 88 valence electrons. The molecule has 0 spiro atoms. The lowest BCUT2D eigenvalue weighted by Crippen LogP contribution is -2.31. The molecule has 1 unspecified atom stereocenters. The molecule has 1 saturated heterocycles. The molecule has 1 saturated carbocycles. The van der Waals surface area contributed by atoms with Crippen molar-refractivity contribution in [2.75, 3.05) is 6.54 Å². The Balaban J connectivity index is 1.85. The predicted octanol–water partition coefficient (Wildman–Crippen LogP) is 2.73. The van der Waals surface area contributed by atoms with Gasteiger partial charge in [-0.05, 0) is 51.6 Å². The van der Waals surface area contributed by atoms with Crippen LogP contribution in [0.2, 0.25) is 0 Å². The Morgan fingerprint density at radius 2 is 2.12 bits per heavy atom. The summed E-state index contributed by atoms with van der Waals surface area (Å²) in [4.78, 5) is 0. The Bertz CT molecular complexity index is 359. The number of piperidine rings is 1. The van der Waals surface area contributed by atoms with E-state index in [9.17, 15) is 0 Å². The van der Waals surface area contributed by atoms with Crippen molar-refractivity contribution < 1.29 is 0 Å². The second-order valence-electron chi connectivity index (χ2n) is 5.24. The predicted molar refractivity (Wildman–Crippen MR) is 64.4 cm³/mol. The van der Waals surface area contributed by atoms with Crippen LogP contribution in [-0.4, -0.2) is 16.3 Å². The summed E-state index contributed by atoms with van der Waals surface area (Å²) in [5.74, 6) is 0. The van der Waals surface area contributed by atoms with Crippen LogP contribution in [0.25, 0.3) is 0 Å². The van der Waals surface area contributed by atoms with Gasteiger partial charge in [-0.15, -0.1) is 0 Å². The molecule has 2 heterocycles. The van der Waals surface area contributed by atoms with Gasteiger partial charge in [-0.1, -0.05) is 6.42 Å². The van der Waals surface area contributed by atoms with Crippen LogP contribution in [0.3, 0.4) is 0 Å². The fourth-order valence-electron chi connectivity index (χ4n) is 2.82. The average molecular weight is 219 g/mol. The molecule has 16 heavy (non-hydrogen) atoms. The van der Waals surface area contributed by atoms with Crippen molar-refractivity contribution in [1.82, 2.24) is 15.1 Å². The van der Waals surface area contributed by atoms with Gasteiger partial charge in [-0.2, -0.15) is 5.10 Å². The van der Waals surface area contributed by atoms with Crippen molar-refractivity contribution in [3.05, 3.63) is 17.5 Å². The summed E-state index contributed by atoms with van der Waals surface area (Å²) in [5.41, 5.74) is 2.61. The molecule has 2 aliphatic rings. The van der Waals surface area contributed by atoms with E-state index in [1.165, 1.54) is 56.5 Å². The van der Waals surface area contributed by atoms with Gasteiger partial charge in [0.25, 0.3) is 0 Å². The third-order valence-corrected chi connectivity index (χ3v) is 3.97. The SMILES string of the molecule is Cc1cc(C2CCCCN2)n(C2CCC2)n1. The van der Waals surface area contributed by atoms with Crippen LogP contribution in [-0.2, 0) is 0 Å². The number of rotatable bonds is 2. The zero-order valence-electron chi connectivity index (χ0n) is 10.1. The molecule has 1 aromatic rings. The van der Waals surface area contributed by atoms with Crippen molar-refractivity contribution in [1.29, 1.82) is 0 Å². The fourth-order valence-corrected chi connectivity index (χ4v) is 2.82. The molecule has 1 aromatic heterocycles. The highest BCUT2D eigenvalue weighted by Gasteiger charge is 2.26. The summed E-state index contributed by atoms with van der Waals surface area (Å²) in [7, 11) is 0. The van der Waals surface area contributed by atoms with Crippen molar-refractivity contribution in [2.24, 2.45) is 0 Å². The van der Waals surface area contributed by atoms with Crippen LogP contribution in [0.15, 0.2) is 6.07 Å². The minimum Gasteiger partial charge on any atom is -0.309 e. The third-order valence-electron chi connectivity index (χ3n) is 3.97. The highest BCUT2D eigenvalue weighted by molar-refractivity contribution is 5.15. The van der Waals surface area contributed by atoms with Crippen LogP contribution in [0.4, 0.5) is 0 Å². The topological polar surface area (TPSA) is 29.9 Å². The van der Waals surface area contributed by atoms with E-state index < -0.39 is 0 Å². The van der Waals surface area contributed by atoms with E-state index in [-0.39, 0.29) is 0 Å². The molecule has 3 nitrogen and oxygen atoms in total. The van der Waals surface area contributed by atoms with Gasteiger partial charge >= 0.3 is 0 Å². The van der Waals surface area contributed by atoms with Gasteiger partial charge in [-0.25, -0.2) is 0 Å². The fraction of sp³-hybridized carbons (Fsp3) is 0.769. The Hall–Kier alpha value is -0.830. The van der Waals surface area contributed by atoms with E-state index in [4.69, 9.17) is 0 Å². The average Bonchev–Trinajstić information content (AvgIpc) is 2.59. The number of nitrogens with one attached hydrogen (secondary N) is 1. The number of hydrogen-bond acceptors (Lipinski definition) is 2. The largest absolute Gasteiger partial charge is 0.309 e. The van der Waals surface area contributed by atoms with E-state index in [1.54, 1.807) is 0 Å². The number of aromatic nitrogens is 2. The van der Waals surface area contributed by atoms with Crippen LogP contribution in [0.5, 0.6) is 0 Å². The normalized spacial score (nSPS) is 26.7. The highest BCUT2D eigenvalue weighted by atomic mass is 15.3. The van der Waals surface area contributed by atoms with Gasteiger partial charge < -0.3 is 5.32 Å². The number of hydrogen-bond donors (Lipinski definition) is 1. The minimum absolute atomic E-state index is 0.551. The zero-order chi connectivity index (χ0) is 11.0. The Labute approximate surface area is 97.2 Å². The van der Waals surface area contributed by atoms with Gasteiger partial charge in [0.05, 0.1) is 17.4 Å². The summed E-state index contributed by atoms with van der Waals surface area (Å²) in [6.45, 7) is 3.28. The van der Waals surface area contributed by atoms with Crippen LogP contribution in [0.1, 0.15) is 62.0 Å². The second-order valence-corrected chi connectivity index (χ2v) is 5.24. The third kappa shape index (κ3) is 1.77. The van der Waals surface area contributed by atoms with Crippen LogP contribution in [0, 0.1) is 6.92 Å². The van der Waals surface area contributed by atoms with Crippen molar-refractivity contribution in [2.45, 2.75) is 57.5 Å². The van der Waals surface area contributed by atoms with Crippen molar-refractivity contribution in [3.8, 4) is 0 Å². The zero-order valence-corrected chi connectivity index (χ0v) is 10.1. The molecular weight excluding hydrogens is 198 g/mol. The van der Waals surface area contributed by atoms with Crippen molar-refractivity contribution >= 4 is 0 Å². The Morgan fingerprint density at radius 1 is 1.25 bits per heavy atom. The molecule has 1 aliphatic carbocycles. The lowest BCUT2D eigenvalue weighted by Gasteiger charge is -2.31. The Kier molecular flexibility index (Phi) is 2.72. The lowest BCUT2D eigenvalue weighted by atomic mass is 9.92. The molecule has 1 N–H and O–H groups in total. The molecule has 2 fully saturated rings. The molecule has 1 aliphatic heterocycles. The van der Waals surface area contributed by atoms with Gasteiger partial charge in [0.15, 0.2) is 0 Å². The summed E-state index contributed by atoms with van der Waals surface area (Å²) >= 11 is 0. The van der Waals surface area contributed by atoms with Gasteiger partial charge in [0.2, 0.25) is 0 Å². The van der Waals surface area contributed by atoms with E-state index >= 15 is 0 Å². The van der Waals surface area contributed by atoms with E-state index in [0.717, 1.165) is 0 Å². The summed E-state index contributed by atoms with van der Waals surface area (Å²) in [5, 5.41) is 8.32.